The van der Waals surface area contributed by atoms with Crippen molar-refractivity contribution in [2.75, 3.05) is 32.0 Å². The predicted molar refractivity (Wildman–Crippen MR) is 99.7 cm³/mol. The summed E-state index contributed by atoms with van der Waals surface area (Å²) in [5, 5.41) is 7.58. The van der Waals surface area contributed by atoms with Gasteiger partial charge in [0, 0.05) is 32.2 Å². The quantitative estimate of drug-likeness (QED) is 0.934. The molecule has 2 heterocycles. The number of piperazine rings is 1. The number of aromatic nitrogens is 2. The lowest BCUT2D eigenvalue weighted by atomic mass is 10.0. The number of hydrogen-bond acceptors (Lipinski definition) is 3. The average Bonchev–Trinajstić information content (AvgIpc) is 2.89. The van der Waals surface area contributed by atoms with Crippen molar-refractivity contribution < 1.29 is 4.79 Å². The summed E-state index contributed by atoms with van der Waals surface area (Å²) >= 11 is 0. The number of likely N-dealkylation sites (N-methyl/N-ethyl adjacent to an activating group) is 1. The van der Waals surface area contributed by atoms with Gasteiger partial charge in [-0.25, -0.2) is 4.79 Å². The second-order valence-electron chi connectivity index (χ2n) is 6.71. The highest BCUT2D eigenvalue weighted by Gasteiger charge is 2.31. The van der Waals surface area contributed by atoms with Gasteiger partial charge in [-0.1, -0.05) is 37.3 Å². The van der Waals surface area contributed by atoms with Crippen molar-refractivity contribution in [3.8, 4) is 0 Å². The van der Waals surface area contributed by atoms with E-state index in [2.05, 4.69) is 41.4 Å². The molecule has 3 rings (SSSR count). The summed E-state index contributed by atoms with van der Waals surface area (Å²) in [6, 6.07) is 10.2. The predicted octanol–water partition coefficient (Wildman–Crippen LogP) is 2.81. The molecular formula is C19H27N5O. The van der Waals surface area contributed by atoms with Gasteiger partial charge in [-0.2, -0.15) is 5.10 Å². The van der Waals surface area contributed by atoms with Crippen LogP contribution in [0.25, 0.3) is 0 Å². The highest BCUT2D eigenvalue weighted by Crippen LogP contribution is 2.26. The minimum Gasteiger partial charge on any atom is -0.315 e. The Kier molecular flexibility index (Phi) is 5.08. The van der Waals surface area contributed by atoms with Crippen LogP contribution in [0.1, 0.15) is 29.8 Å². The van der Waals surface area contributed by atoms with Gasteiger partial charge in [-0.15, -0.1) is 0 Å². The fourth-order valence-corrected chi connectivity index (χ4v) is 3.49. The smallest absolute Gasteiger partial charge is 0.315 e. The Bertz CT molecular complexity index is 740. The Labute approximate surface area is 149 Å². The van der Waals surface area contributed by atoms with Gasteiger partial charge in [-0.05, 0) is 26.0 Å². The standard InChI is InChI=1S/C19H27N5O/c1-5-16-14(2)18(23(4)21-16)20-19(25)24-12-11-22(3)13-17(24)15-9-7-6-8-10-15/h6-10,17H,5,11-13H2,1-4H3,(H,20,25)/t17-/m1/s1. The minimum atomic E-state index is -0.0595. The fourth-order valence-electron chi connectivity index (χ4n) is 3.49. The first-order valence-electron chi connectivity index (χ1n) is 8.84. The molecule has 0 unspecified atom stereocenters. The molecule has 0 aliphatic carbocycles. The maximum absolute atomic E-state index is 13.0. The number of carbonyl (C=O) groups excluding carboxylic acids is 1. The molecule has 2 amide bonds. The molecule has 0 saturated carbocycles. The average molecular weight is 341 g/mol. The van der Waals surface area contributed by atoms with E-state index >= 15 is 0 Å². The highest BCUT2D eigenvalue weighted by molar-refractivity contribution is 5.89. The Morgan fingerprint density at radius 2 is 1.96 bits per heavy atom. The Hall–Kier alpha value is -2.34. The summed E-state index contributed by atoms with van der Waals surface area (Å²) in [4.78, 5) is 17.2. The van der Waals surface area contributed by atoms with Crippen LogP contribution < -0.4 is 5.32 Å². The second-order valence-corrected chi connectivity index (χ2v) is 6.71. The molecule has 1 atom stereocenters. The summed E-state index contributed by atoms with van der Waals surface area (Å²) in [6.45, 7) is 6.51. The third-order valence-corrected chi connectivity index (χ3v) is 4.97. The van der Waals surface area contributed by atoms with E-state index in [9.17, 15) is 4.79 Å². The van der Waals surface area contributed by atoms with Crippen molar-refractivity contribution in [3.05, 3.63) is 47.2 Å². The number of benzene rings is 1. The van der Waals surface area contributed by atoms with Crippen LogP contribution in [-0.4, -0.2) is 52.3 Å². The van der Waals surface area contributed by atoms with Gasteiger partial charge < -0.3 is 9.80 Å². The van der Waals surface area contributed by atoms with Gasteiger partial charge in [0.1, 0.15) is 5.82 Å². The number of amides is 2. The van der Waals surface area contributed by atoms with E-state index in [1.165, 1.54) is 5.56 Å². The number of rotatable bonds is 3. The van der Waals surface area contributed by atoms with E-state index in [0.717, 1.165) is 36.6 Å². The van der Waals surface area contributed by atoms with Crippen molar-refractivity contribution in [2.24, 2.45) is 7.05 Å². The summed E-state index contributed by atoms with van der Waals surface area (Å²) in [6.07, 6.45) is 0.858. The molecule has 1 aliphatic heterocycles. The normalized spacial score (nSPS) is 18.4. The zero-order chi connectivity index (χ0) is 18.0. The second kappa shape index (κ2) is 7.27. The van der Waals surface area contributed by atoms with Crippen LogP contribution in [0.5, 0.6) is 0 Å². The molecule has 1 saturated heterocycles. The molecule has 0 spiro atoms. The first-order valence-corrected chi connectivity index (χ1v) is 8.84. The molecule has 6 nitrogen and oxygen atoms in total. The molecule has 25 heavy (non-hydrogen) atoms. The van der Waals surface area contributed by atoms with Crippen molar-refractivity contribution in [3.63, 3.8) is 0 Å². The molecule has 134 valence electrons. The number of hydrogen-bond donors (Lipinski definition) is 1. The van der Waals surface area contributed by atoms with E-state index in [1.54, 1.807) is 4.68 Å². The molecular weight excluding hydrogens is 314 g/mol. The Morgan fingerprint density at radius 1 is 1.24 bits per heavy atom. The van der Waals surface area contributed by atoms with Gasteiger partial charge in [0.05, 0.1) is 11.7 Å². The lowest BCUT2D eigenvalue weighted by Crippen LogP contribution is -2.50. The van der Waals surface area contributed by atoms with Gasteiger partial charge in [0.25, 0.3) is 0 Å². The van der Waals surface area contributed by atoms with Crippen molar-refractivity contribution in [1.82, 2.24) is 19.6 Å². The molecule has 0 bridgehead atoms. The largest absolute Gasteiger partial charge is 0.323 e. The number of carbonyl (C=O) groups is 1. The molecule has 2 aromatic rings. The zero-order valence-electron chi connectivity index (χ0n) is 15.5. The van der Waals surface area contributed by atoms with Crippen LogP contribution in [0.15, 0.2) is 30.3 Å². The summed E-state index contributed by atoms with van der Waals surface area (Å²) in [5.74, 6) is 0.785. The van der Waals surface area contributed by atoms with Crippen LogP contribution in [0.4, 0.5) is 10.6 Å². The molecule has 1 aromatic heterocycles. The minimum absolute atomic E-state index is 0.0547. The Morgan fingerprint density at radius 3 is 2.60 bits per heavy atom. The molecule has 1 fully saturated rings. The van der Waals surface area contributed by atoms with E-state index < -0.39 is 0 Å². The third-order valence-electron chi connectivity index (χ3n) is 4.97. The topological polar surface area (TPSA) is 53.4 Å². The zero-order valence-corrected chi connectivity index (χ0v) is 15.5. The summed E-state index contributed by atoms with van der Waals surface area (Å²) < 4.78 is 1.76. The fraction of sp³-hybridized carbons (Fsp3) is 0.474. The molecule has 1 N–H and O–H groups in total. The van der Waals surface area contributed by atoms with Crippen LogP contribution in [0, 0.1) is 6.92 Å². The third kappa shape index (κ3) is 3.54. The first-order chi connectivity index (χ1) is 12.0. The van der Waals surface area contributed by atoms with Crippen LogP contribution in [0.2, 0.25) is 0 Å². The number of urea groups is 1. The first kappa shape index (κ1) is 17.5. The van der Waals surface area contributed by atoms with Crippen LogP contribution >= 0.6 is 0 Å². The van der Waals surface area contributed by atoms with Crippen LogP contribution in [0.3, 0.4) is 0 Å². The molecule has 1 aliphatic rings. The van der Waals surface area contributed by atoms with Crippen molar-refractivity contribution in [2.45, 2.75) is 26.3 Å². The van der Waals surface area contributed by atoms with Gasteiger partial charge in [0.2, 0.25) is 0 Å². The molecule has 0 radical (unpaired) electrons. The van der Waals surface area contributed by atoms with Gasteiger partial charge in [-0.3, -0.25) is 10.00 Å². The van der Waals surface area contributed by atoms with E-state index in [4.69, 9.17) is 0 Å². The van der Waals surface area contributed by atoms with Crippen molar-refractivity contribution in [1.29, 1.82) is 0 Å². The Balaban J connectivity index is 1.83. The highest BCUT2D eigenvalue weighted by atomic mass is 16.2. The van der Waals surface area contributed by atoms with E-state index in [0.29, 0.717) is 6.54 Å². The lowest BCUT2D eigenvalue weighted by molar-refractivity contribution is 0.116. The number of aryl methyl sites for hydroxylation is 2. The maximum Gasteiger partial charge on any atom is 0.323 e. The maximum atomic E-state index is 13.0. The van der Waals surface area contributed by atoms with Gasteiger partial charge >= 0.3 is 6.03 Å². The monoisotopic (exact) mass is 341 g/mol. The van der Waals surface area contributed by atoms with E-state index in [1.807, 2.05) is 37.1 Å². The lowest BCUT2D eigenvalue weighted by Gasteiger charge is -2.40. The van der Waals surface area contributed by atoms with E-state index in [-0.39, 0.29) is 12.1 Å². The summed E-state index contributed by atoms with van der Waals surface area (Å²) in [5.41, 5.74) is 3.24. The molecule has 1 aromatic carbocycles. The molecule has 6 heteroatoms. The summed E-state index contributed by atoms with van der Waals surface area (Å²) in [7, 11) is 3.98. The number of nitrogens with zero attached hydrogens (tertiary/aromatic N) is 4. The van der Waals surface area contributed by atoms with Crippen molar-refractivity contribution >= 4 is 11.8 Å². The number of anilines is 1. The SMILES string of the molecule is CCc1nn(C)c(NC(=O)N2CCN(C)C[C@@H]2c2ccccc2)c1C. The van der Waals surface area contributed by atoms with Gasteiger partial charge in [0.15, 0.2) is 0 Å². The van der Waals surface area contributed by atoms with Crippen LogP contribution in [-0.2, 0) is 13.5 Å². The number of nitrogens with one attached hydrogen (secondary N) is 1.